The Hall–Kier alpha value is -2.34. The van der Waals surface area contributed by atoms with Gasteiger partial charge in [-0.05, 0) is 41.9 Å². The van der Waals surface area contributed by atoms with Gasteiger partial charge in [0.05, 0.1) is 0 Å². The van der Waals surface area contributed by atoms with Crippen LogP contribution in [0.2, 0.25) is 0 Å². The molecule has 26 heavy (non-hydrogen) atoms. The zero-order chi connectivity index (χ0) is 18.2. The molecule has 3 aromatic rings. The molecule has 3 rings (SSSR count). The third-order valence-electron chi connectivity index (χ3n) is 5.73. The fraction of sp³-hybridized carbons (Fsp3) is 0.308. The summed E-state index contributed by atoms with van der Waals surface area (Å²) in [5.41, 5.74) is 4.38. The molecule has 0 bridgehead atoms. The molecule has 0 nitrogen and oxygen atoms in total. The summed E-state index contributed by atoms with van der Waals surface area (Å²) in [5, 5.41) is 0. The van der Waals surface area contributed by atoms with Crippen molar-refractivity contribution in [1.82, 2.24) is 0 Å². The van der Waals surface area contributed by atoms with E-state index in [-0.39, 0.29) is 5.41 Å². The first kappa shape index (κ1) is 18.5. The topological polar surface area (TPSA) is 0 Å². The zero-order valence-corrected chi connectivity index (χ0v) is 16.1. The van der Waals surface area contributed by atoms with Crippen LogP contribution < -0.4 is 0 Å². The zero-order valence-electron chi connectivity index (χ0n) is 16.1. The Morgan fingerprint density at radius 2 is 1.15 bits per heavy atom. The number of rotatable bonds is 8. The van der Waals surface area contributed by atoms with Crippen LogP contribution >= 0.6 is 0 Å². The molecule has 0 heteroatoms. The summed E-state index contributed by atoms with van der Waals surface area (Å²) < 4.78 is 0. The van der Waals surface area contributed by atoms with Crippen LogP contribution in [0.5, 0.6) is 0 Å². The van der Waals surface area contributed by atoms with Crippen LogP contribution in [0, 0.1) is 5.92 Å². The lowest BCUT2D eigenvalue weighted by atomic mass is 9.66. The molecule has 0 amide bonds. The van der Waals surface area contributed by atoms with Gasteiger partial charge in [0.1, 0.15) is 0 Å². The summed E-state index contributed by atoms with van der Waals surface area (Å²) in [5.74, 6) is 0.686. The molecule has 0 aliphatic carbocycles. The molecule has 1 atom stereocenters. The van der Waals surface area contributed by atoms with E-state index < -0.39 is 0 Å². The van der Waals surface area contributed by atoms with E-state index in [9.17, 15) is 0 Å². The van der Waals surface area contributed by atoms with E-state index in [0.717, 1.165) is 12.8 Å². The lowest BCUT2D eigenvalue weighted by molar-refractivity contribution is 0.351. The molecule has 0 saturated carbocycles. The minimum absolute atomic E-state index is 0.0633. The molecule has 134 valence electrons. The molecule has 0 aliphatic heterocycles. The molecule has 0 N–H and O–H groups in total. The van der Waals surface area contributed by atoms with Crippen LogP contribution in [-0.4, -0.2) is 0 Å². The Morgan fingerprint density at radius 1 is 0.692 bits per heavy atom. The summed E-state index contributed by atoms with van der Waals surface area (Å²) in [4.78, 5) is 0. The molecule has 0 aromatic heterocycles. The van der Waals surface area contributed by atoms with Gasteiger partial charge in [-0.3, -0.25) is 0 Å². The highest BCUT2D eigenvalue weighted by atomic mass is 14.4. The average molecular weight is 343 g/mol. The van der Waals surface area contributed by atoms with Crippen LogP contribution in [0.25, 0.3) is 0 Å². The SMILES string of the molecule is CCC(C)CC(CCc1ccccc1)(c1ccccc1)c1ccccc1. The Balaban J connectivity index is 2.05. The van der Waals surface area contributed by atoms with Gasteiger partial charge in [-0.2, -0.15) is 0 Å². The lowest BCUT2D eigenvalue weighted by Crippen LogP contribution is -2.31. The fourth-order valence-electron chi connectivity index (χ4n) is 4.05. The fourth-order valence-corrected chi connectivity index (χ4v) is 4.05. The molecular formula is C26H30. The van der Waals surface area contributed by atoms with Crippen LogP contribution in [0.1, 0.15) is 49.8 Å². The molecule has 3 aromatic carbocycles. The van der Waals surface area contributed by atoms with Gasteiger partial charge in [-0.1, -0.05) is 111 Å². The summed E-state index contributed by atoms with van der Waals surface area (Å²) in [6, 6.07) is 33.2. The molecule has 0 spiro atoms. The molecule has 0 fully saturated rings. The highest BCUT2D eigenvalue weighted by Gasteiger charge is 2.34. The minimum Gasteiger partial charge on any atom is -0.0651 e. The molecule has 0 radical (unpaired) electrons. The molecule has 0 heterocycles. The normalized spacial score (nSPS) is 12.7. The van der Waals surface area contributed by atoms with Crippen molar-refractivity contribution in [3.63, 3.8) is 0 Å². The predicted octanol–water partition coefficient (Wildman–Crippen LogP) is 7.04. The Labute approximate surface area is 158 Å². The molecule has 1 unspecified atom stereocenters. The highest BCUT2D eigenvalue weighted by molar-refractivity contribution is 5.40. The van der Waals surface area contributed by atoms with Crippen molar-refractivity contribution in [2.45, 2.75) is 44.9 Å². The van der Waals surface area contributed by atoms with Gasteiger partial charge in [0, 0.05) is 5.41 Å². The number of hydrogen-bond acceptors (Lipinski definition) is 0. The van der Waals surface area contributed by atoms with Crippen LogP contribution in [0.4, 0.5) is 0 Å². The van der Waals surface area contributed by atoms with Crippen molar-refractivity contribution in [1.29, 1.82) is 0 Å². The van der Waals surface area contributed by atoms with Gasteiger partial charge in [-0.25, -0.2) is 0 Å². The Kier molecular flexibility index (Phi) is 6.28. The van der Waals surface area contributed by atoms with Gasteiger partial charge in [0.15, 0.2) is 0 Å². The number of hydrogen-bond donors (Lipinski definition) is 0. The summed E-state index contributed by atoms with van der Waals surface area (Å²) >= 11 is 0. The Bertz CT molecular complexity index is 719. The first-order valence-corrected chi connectivity index (χ1v) is 9.89. The van der Waals surface area contributed by atoms with E-state index in [2.05, 4.69) is 105 Å². The number of aryl methyl sites for hydroxylation is 1. The lowest BCUT2D eigenvalue weighted by Gasteiger charge is -2.38. The second kappa shape index (κ2) is 8.85. The van der Waals surface area contributed by atoms with Crippen LogP contribution in [0.3, 0.4) is 0 Å². The second-order valence-corrected chi connectivity index (χ2v) is 7.52. The van der Waals surface area contributed by atoms with Crippen molar-refractivity contribution in [3.8, 4) is 0 Å². The van der Waals surface area contributed by atoms with Crippen molar-refractivity contribution >= 4 is 0 Å². The van der Waals surface area contributed by atoms with E-state index in [4.69, 9.17) is 0 Å². The maximum Gasteiger partial charge on any atom is 0.0208 e. The largest absolute Gasteiger partial charge is 0.0651 e. The van der Waals surface area contributed by atoms with Gasteiger partial charge in [0.25, 0.3) is 0 Å². The first-order chi connectivity index (χ1) is 12.7. The molecule has 0 saturated heterocycles. The predicted molar refractivity (Wildman–Crippen MR) is 112 cm³/mol. The standard InChI is InChI=1S/C26H30/c1-3-22(2)21-26(24-15-9-5-10-16-24,25-17-11-6-12-18-25)20-19-23-13-7-4-8-14-23/h4-18,22H,3,19-21H2,1-2H3. The average Bonchev–Trinajstić information content (AvgIpc) is 2.73. The number of benzene rings is 3. The van der Waals surface area contributed by atoms with Crippen molar-refractivity contribution in [3.05, 3.63) is 108 Å². The summed E-state index contributed by atoms with van der Waals surface area (Å²) in [6.07, 6.45) is 4.63. The highest BCUT2D eigenvalue weighted by Crippen LogP contribution is 2.42. The second-order valence-electron chi connectivity index (χ2n) is 7.52. The van der Waals surface area contributed by atoms with E-state index >= 15 is 0 Å². The molecule has 0 aliphatic rings. The van der Waals surface area contributed by atoms with Crippen molar-refractivity contribution in [2.75, 3.05) is 0 Å². The van der Waals surface area contributed by atoms with Gasteiger partial charge in [-0.15, -0.1) is 0 Å². The van der Waals surface area contributed by atoms with Gasteiger partial charge < -0.3 is 0 Å². The molecular weight excluding hydrogens is 312 g/mol. The Morgan fingerprint density at radius 3 is 1.62 bits per heavy atom. The van der Waals surface area contributed by atoms with Gasteiger partial charge >= 0.3 is 0 Å². The van der Waals surface area contributed by atoms with E-state index in [1.54, 1.807) is 0 Å². The van der Waals surface area contributed by atoms with E-state index in [0.29, 0.717) is 5.92 Å². The van der Waals surface area contributed by atoms with E-state index in [1.807, 2.05) is 0 Å². The van der Waals surface area contributed by atoms with Crippen LogP contribution in [0.15, 0.2) is 91.0 Å². The van der Waals surface area contributed by atoms with Gasteiger partial charge in [0.2, 0.25) is 0 Å². The maximum atomic E-state index is 2.39. The van der Waals surface area contributed by atoms with Crippen molar-refractivity contribution < 1.29 is 0 Å². The van der Waals surface area contributed by atoms with Crippen LogP contribution in [-0.2, 0) is 11.8 Å². The summed E-state index contributed by atoms with van der Waals surface area (Å²) in [6.45, 7) is 4.70. The maximum absolute atomic E-state index is 2.39. The third-order valence-corrected chi connectivity index (χ3v) is 5.73. The van der Waals surface area contributed by atoms with Crippen molar-refractivity contribution in [2.24, 2.45) is 5.92 Å². The monoisotopic (exact) mass is 342 g/mol. The summed E-state index contributed by atoms with van der Waals surface area (Å²) in [7, 11) is 0. The first-order valence-electron chi connectivity index (χ1n) is 9.89. The third kappa shape index (κ3) is 4.25. The van der Waals surface area contributed by atoms with E-state index in [1.165, 1.54) is 29.5 Å². The smallest absolute Gasteiger partial charge is 0.0208 e. The minimum atomic E-state index is 0.0633. The quantitative estimate of drug-likeness (QED) is 0.412.